The average molecular weight is 230 g/mol. The van der Waals surface area contributed by atoms with Crippen molar-refractivity contribution in [2.45, 2.75) is 27.3 Å². The topological polar surface area (TPSA) is 12.0 Å². The summed E-state index contributed by atoms with van der Waals surface area (Å²) in [5.74, 6) is -0.244. The van der Waals surface area contributed by atoms with E-state index in [0.717, 1.165) is 12.1 Å². The molecular weight excluding hydrogens is 213 g/mol. The van der Waals surface area contributed by atoms with Crippen LogP contribution in [-0.2, 0) is 6.54 Å². The molecule has 1 nitrogen and oxygen atoms in total. The van der Waals surface area contributed by atoms with Gasteiger partial charge in [0.05, 0.1) is 0 Å². The molecule has 0 unspecified atom stereocenters. The average Bonchev–Trinajstić information content (AvgIpc) is 2.09. The minimum Gasteiger partial charge on any atom is -0.312 e. The van der Waals surface area contributed by atoms with Gasteiger partial charge in [-0.2, -0.15) is 0 Å². The van der Waals surface area contributed by atoms with Crippen molar-refractivity contribution in [3.63, 3.8) is 0 Å². The van der Waals surface area contributed by atoms with E-state index in [4.69, 9.17) is 11.6 Å². The summed E-state index contributed by atoms with van der Waals surface area (Å²) in [5, 5.41) is 3.87. The summed E-state index contributed by atoms with van der Waals surface area (Å²) in [5.41, 5.74) is 1.03. The second-order valence-electron chi connectivity index (χ2n) is 4.90. The van der Waals surface area contributed by atoms with Crippen LogP contribution >= 0.6 is 11.6 Å². The van der Waals surface area contributed by atoms with Crippen LogP contribution in [0.1, 0.15) is 26.3 Å². The molecule has 0 aliphatic carbocycles. The van der Waals surface area contributed by atoms with Gasteiger partial charge in [0.25, 0.3) is 0 Å². The molecule has 0 saturated heterocycles. The second kappa shape index (κ2) is 4.95. The largest absolute Gasteiger partial charge is 0.312 e. The summed E-state index contributed by atoms with van der Waals surface area (Å²) >= 11 is 5.94. The van der Waals surface area contributed by atoms with Crippen molar-refractivity contribution in [1.82, 2.24) is 5.32 Å². The number of nitrogens with one attached hydrogen (secondary N) is 1. The number of hydrogen-bond acceptors (Lipinski definition) is 1. The summed E-state index contributed by atoms with van der Waals surface area (Å²) < 4.78 is 12.9. The van der Waals surface area contributed by atoms with E-state index in [9.17, 15) is 4.39 Å². The molecule has 3 heteroatoms. The zero-order valence-corrected chi connectivity index (χ0v) is 10.2. The molecule has 0 aliphatic rings. The highest BCUT2D eigenvalue weighted by atomic mass is 35.5. The first-order valence-corrected chi connectivity index (χ1v) is 5.41. The van der Waals surface area contributed by atoms with Gasteiger partial charge >= 0.3 is 0 Å². The van der Waals surface area contributed by atoms with Gasteiger partial charge in [-0.25, -0.2) is 4.39 Å². The maximum atomic E-state index is 12.9. The molecule has 1 aromatic carbocycles. The van der Waals surface area contributed by atoms with Gasteiger partial charge in [-0.05, 0) is 29.2 Å². The third kappa shape index (κ3) is 4.63. The lowest BCUT2D eigenvalue weighted by molar-refractivity contribution is 0.379. The van der Waals surface area contributed by atoms with Crippen molar-refractivity contribution < 1.29 is 4.39 Å². The van der Waals surface area contributed by atoms with Crippen LogP contribution in [0.15, 0.2) is 18.2 Å². The summed E-state index contributed by atoms with van der Waals surface area (Å²) in [7, 11) is 0. The molecule has 0 radical (unpaired) electrons. The number of rotatable bonds is 3. The van der Waals surface area contributed by atoms with Gasteiger partial charge in [0.1, 0.15) is 5.82 Å². The highest BCUT2D eigenvalue weighted by Gasteiger charge is 2.09. The summed E-state index contributed by atoms with van der Waals surface area (Å²) in [6, 6.07) is 4.43. The van der Waals surface area contributed by atoms with Crippen LogP contribution in [0.2, 0.25) is 5.02 Å². The van der Waals surface area contributed by atoms with E-state index in [1.54, 1.807) is 6.07 Å². The third-order valence-corrected chi connectivity index (χ3v) is 2.35. The van der Waals surface area contributed by atoms with Crippen LogP contribution < -0.4 is 5.32 Å². The first-order valence-electron chi connectivity index (χ1n) is 5.03. The highest BCUT2D eigenvalue weighted by molar-refractivity contribution is 6.31. The Morgan fingerprint density at radius 3 is 2.60 bits per heavy atom. The molecule has 0 spiro atoms. The quantitative estimate of drug-likeness (QED) is 0.835. The molecule has 0 bridgehead atoms. The van der Waals surface area contributed by atoms with Gasteiger partial charge in [-0.1, -0.05) is 32.4 Å². The van der Waals surface area contributed by atoms with E-state index in [1.807, 2.05) is 0 Å². The van der Waals surface area contributed by atoms with E-state index in [1.165, 1.54) is 12.1 Å². The van der Waals surface area contributed by atoms with E-state index in [2.05, 4.69) is 26.1 Å². The van der Waals surface area contributed by atoms with Crippen molar-refractivity contribution in [3.05, 3.63) is 34.6 Å². The Morgan fingerprint density at radius 1 is 1.33 bits per heavy atom. The lowest BCUT2D eigenvalue weighted by atomic mass is 9.97. The van der Waals surface area contributed by atoms with Crippen molar-refractivity contribution in [1.29, 1.82) is 0 Å². The lowest BCUT2D eigenvalue weighted by Crippen LogP contribution is -2.26. The van der Waals surface area contributed by atoms with Crippen molar-refractivity contribution in [3.8, 4) is 0 Å². The van der Waals surface area contributed by atoms with Crippen LogP contribution in [0.25, 0.3) is 0 Å². The minimum atomic E-state index is -0.244. The van der Waals surface area contributed by atoms with Crippen molar-refractivity contribution in [2.75, 3.05) is 6.54 Å². The normalized spacial score (nSPS) is 11.8. The van der Waals surface area contributed by atoms with Crippen LogP contribution in [0.3, 0.4) is 0 Å². The van der Waals surface area contributed by atoms with Gasteiger partial charge in [0.2, 0.25) is 0 Å². The Morgan fingerprint density at radius 2 is 2.00 bits per heavy atom. The van der Waals surface area contributed by atoms with Crippen molar-refractivity contribution in [2.24, 2.45) is 5.41 Å². The molecule has 0 saturated carbocycles. The molecule has 0 heterocycles. The monoisotopic (exact) mass is 229 g/mol. The fraction of sp³-hybridized carbons (Fsp3) is 0.500. The lowest BCUT2D eigenvalue weighted by Gasteiger charge is -2.19. The Bertz CT molecular complexity index is 331. The summed E-state index contributed by atoms with van der Waals surface area (Å²) in [6.45, 7) is 7.92. The molecule has 1 aromatic rings. The minimum absolute atomic E-state index is 0.222. The maximum absolute atomic E-state index is 12.9. The molecule has 15 heavy (non-hydrogen) atoms. The maximum Gasteiger partial charge on any atom is 0.123 e. The molecule has 84 valence electrons. The summed E-state index contributed by atoms with van der Waals surface area (Å²) in [4.78, 5) is 0. The second-order valence-corrected chi connectivity index (χ2v) is 5.31. The molecule has 1 rings (SSSR count). The molecule has 0 aliphatic heterocycles. The van der Waals surface area contributed by atoms with Crippen LogP contribution in [-0.4, -0.2) is 6.54 Å². The zero-order valence-electron chi connectivity index (χ0n) is 9.40. The molecule has 0 atom stereocenters. The fourth-order valence-electron chi connectivity index (χ4n) is 1.25. The first kappa shape index (κ1) is 12.5. The van der Waals surface area contributed by atoms with Gasteiger partial charge in [0.15, 0.2) is 0 Å². The van der Waals surface area contributed by atoms with Crippen LogP contribution in [0.4, 0.5) is 4.39 Å². The van der Waals surface area contributed by atoms with E-state index >= 15 is 0 Å². The number of halogens is 2. The predicted molar refractivity (Wildman–Crippen MR) is 62.6 cm³/mol. The molecule has 0 fully saturated rings. The number of hydrogen-bond donors (Lipinski definition) is 1. The third-order valence-electron chi connectivity index (χ3n) is 1.98. The van der Waals surface area contributed by atoms with E-state index in [-0.39, 0.29) is 11.2 Å². The number of benzene rings is 1. The van der Waals surface area contributed by atoms with Crippen molar-refractivity contribution >= 4 is 11.6 Å². The fourth-order valence-corrected chi connectivity index (χ4v) is 1.44. The molecular formula is C12H17ClFN. The van der Waals surface area contributed by atoms with Crippen LogP contribution in [0, 0.1) is 11.2 Å². The SMILES string of the molecule is CC(C)(C)CNCc1cc(F)ccc1Cl. The predicted octanol–water partition coefficient (Wildman–Crippen LogP) is 3.61. The van der Waals surface area contributed by atoms with Gasteiger partial charge in [-0.15, -0.1) is 0 Å². The Hall–Kier alpha value is -0.600. The first-order chi connectivity index (χ1) is 6.88. The molecule has 0 amide bonds. The molecule has 0 aromatic heterocycles. The Labute approximate surface area is 95.6 Å². The standard InChI is InChI=1S/C12H17ClFN/c1-12(2,3)8-15-7-9-6-10(14)4-5-11(9)13/h4-6,15H,7-8H2,1-3H3. The Balaban J connectivity index is 2.54. The van der Waals surface area contributed by atoms with Gasteiger partial charge < -0.3 is 5.32 Å². The van der Waals surface area contributed by atoms with Crippen LogP contribution in [0.5, 0.6) is 0 Å². The zero-order chi connectivity index (χ0) is 11.5. The molecule has 1 N–H and O–H groups in total. The van der Waals surface area contributed by atoms with E-state index < -0.39 is 0 Å². The van der Waals surface area contributed by atoms with Gasteiger partial charge in [0, 0.05) is 18.1 Å². The smallest absolute Gasteiger partial charge is 0.123 e. The highest BCUT2D eigenvalue weighted by Crippen LogP contribution is 2.17. The Kier molecular flexibility index (Phi) is 4.12. The summed E-state index contributed by atoms with van der Waals surface area (Å²) in [6.07, 6.45) is 0. The van der Waals surface area contributed by atoms with E-state index in [0.29, 0.717) is 11.6 Å². The van der Waals surface area contributed by atoms with Gasteiger partial charge in [-0.3, -0.25) is 0 Å².